The van der Waals surface area contributed by atoms with Crippen LogP contribution in [-0.4, -0.2) is 20.8 Å². The molecular weight excluding hydrogens is 336 g/mol. The van der Waals surface area contributed by atoms with Gasteiger partial charge in [-0.1, -0.05) is 24.3 Å². The highest BCUT2D eigenvalue weighted by atomic mass is 32.2. The normalized spacial score (nSPS) is 16.4. The molecule has 3 aromatic rings. The summed E-state index contributed by atoms with van der Waals surface area (Å²) in [6.07, 6.45) is 3.68. The summed E-state index contributed by atoms with van der Waals surface area (Å²) in [5, 5.41) is 10.2. The van der Waals surface area contributed by atoms with Crippen molar-refractivity contribution in [2.45, 2.75) is 0 Å². The van der Waals surface area contributed by atoms with Gasteiger partial charge in [-0.25, -0.2) is 4.90 Å². The Balaban J connectivity index is 1.75. The Bertz CT molecular complexity index is 1050. The molecule has 2 aromatic carbocycles. The first-order chi connectivity index (χ1) is 12.0. The molecule has 0 atom stereocenters. The van der Waals surface area contributed by atoms with E-state index in [0.29, 0.717) is 10.6 Å². The third-order valence-electron chi connectivity index (χ3n) is 4.10. The first-order valence-corrected chi connectivity index (χ1v) is 8.47. The zero-order chi connectivity index (χ0) is 17.6. The molecular formula is C19H14N2O3S. The standard InChI is InChI=1S/C19H14N2O3S/c1-20-11-12(15-7-2-3-8-16(15)20)9-17-18(23)21(19(24)25-17)13-5-4-6-14(22)10-13/h2-11,22H,1H3/b17-9-. The van der Waals surface area contributed by atoms with E-state index in [1.54, 1.807) is 18.2 Å². The van der Waals surface area contributed by atoms with Gasteiger partial charge in [0.25, 0.3) is 11.1 Å². The number of amides is 2. The molecule has 1 aliphatic heterocycles. The number of para-hydroxylation sites is 1. The average Bonchev–Trinajstić information content (AvgIpc) is 3.05. The molecule has 4 rings (SSSR count). The minimum absolute atomic E-state index is 0.00887. The highest BCUT2D eigenvalue weighted by Gasteiger charge is 2.36. The van der Waals surface area contributed by atoms with E-state index in [1.165, 1.54) is 12.1 Å². The Kier molecular flexibility index (Phi) is 3.62. The molecule has 1 fully saturated rings. The number of benzene rings is 2. The van der Waals surface area contributed by atoms with Gasteiger partial charge in [0.1, 0.15) is 5.75 Å². The second-order valence-electron chi connectivity index (χ2n) is 5.75. The van der Waals surface area contributed by atoms with E-state index >= 15 is 0 Å². The van der Waals surface area contributed by atoms with E-state index in [0.717, 1.165) is 33.1 Å². The number of nitrogens with zero attached hydrogens (tertiary/aromatic N) is 2. The molecule has 0 unspecified atom stereocenters. The van der Waals surface area contributed by atoms with Crippen molar-refractivity contribution in [2.75, 3.05) is 4.90 Å². The van der Waals surface area contributed by atoms with Gasteiger partial charge in [0.2, 0.25) is 0 Å². The van der Waals surface area contributed by atoms with Crippen molar-refractivity contribution in [1.82, 2.24) is 4.57 Å². The topological polar surface area (TPSA) is 62.5 Å². The first kappa shape index (κ1) is 15.5. The van der Waals surface area contributed by atoms with Crippen molar-refractivity contribution >= 4 is 45.6 Å². The molecule has 5 nitrogen and oxygen atoms in total. The van der Waals surface area contributed by atoms with Gasteiger partial charge in [-0.3, -0.25) is 9.59 Å². The van der Waals surface area contributed by atoms with Crippen LogP contribution in [0.25, 0.3) is 17.0 Å². The minimum atomic E-state index is -0.381. The van der Waals surface area contributed by atoms with Crippen molar-refractivity contribution in [1.29, 1.82) is 0 Å². The number of hydrogen-bond donors (Lipinski definition) is 1. The van der Waals surface area contributed by atoms with E-state index in [2.05, 4.69) is 0 Å². The Hall–Kier alpha value is -2.99. The number of imide groups is 1. The van der Waals surface area contributed by atoms with Crippen molar-refractivity contribution in [3.05, 3.63) is 65.2 Å². The number of carbonyl (C=O) groups excluding carboxylic acids is 2. The van der Waals surface area contributed by atoms with Gasteiger partial charge < -0.3 is 9.67 Å². The fraction of sp³-hybridized carbons (Fsp3) is 0.0526. The monoisotopic (exact) mass is 350 g/mol. The van der Waals surface area contributed by atoms with Crippen LogP contribution in [0.1, 0.15) is 5.56 Å². The SMILES string of the molecule is Cn1cc(/C=C2\SC(=O)N(c3cccc(O)c3)C2=O)c2ccccc21. The summed E-state index contributed by atoms with van der Waals surface area (Å²) < 4.78 is 1.99. The molecule has 1 aliphatic rings. The van der Waals surface area contributed by atoms with Gasteiger partial charge in [0.05, 0.1) is 10.6 Å². The largest absolute Gasteiger partial charge is 0.508 e. The van der Waals surface area contributed by atoms with Crippen LogP contribution in [0.4, 0.5) is 10.5 Å². The van der Waals surface area contributed by atoms with E-state index in [1.807, 2.05) is 42.1 Å². The van der Waals surface area contributed by atoms with Crippen LogP contribution in [0.3, 0.4) is 0 Å². The summed E-state index contributed by atoms with van der Waals surface area (Å²) in [6.45, 7) is 0. The van der Waals surface area contributed by atoms with E-state index < -0.39 is 0 Å². The fourth-order valence-electron chi connectivity index (χ4n) is 2.95. The van der Waals surface area contributed by atoms with Crippen LogP contribution in [0.15, 0.2) is 59.6 Å². The van der Waals surface area contributed by atoms with E-state index in [-0.39, 0.29) is 16.9 Å². The van der Waals surface area contributed by atoms with Crippen molar-refractivity contribution < 1.29 is 14.7 Å². The van der Waals surface area contributed by atoms with Gasteiger partial charge in [-0.2, -0.15) is 0 Å². The quantitative estimate of drug-likeness (QED) is 0.706. The molecule has 1 N–H and O–H groups in total. The number of anilines is 1. The molecule has 1 saturated heterocycles. The van der Waals surface area contributed by atoms with Gasteiger partial charge in [-0.05, 0) is 36.0 Å². The van der Waals surface area contributed by atoms with Crippen LogP contribution in [-0.2, 0) is 11.8 Å². The minimum Gasteiger partial charge on any atom is -0.508 e. The molecule has 0 aliphatic carbocycles. The Morgan fingerprint density at radius 3 is 2.68 bits per heavy atom. The second kappa shape index (κ2) is 5.82. The lowest BCUT2D eigenvalue weighted by Gasteiger charge is -2.12. The highest BCUT2D eigenvalue weighted by Crippen LogP contribution is 2.37. The number of rotatable bonds is 2. The Labute approximate surface area is 148 Å². The average molecular weight is 350 g/mol. The predicted molar refractivity (Wildman–Crippen MR) is 99.5 cm³/mol. The van der Waals surface area contributed by atoms with Gasteiger partial charge in [-0.15, -0.1) is 0 Å². The number of hydrogen-bond acceptors (Lipinski definition) is 4. The van der Waals surface area contributed by atoms with Crippen LogP contribution in [0.5, 0.6) is 5.75 Å². The summed E-state index contributed by atoms with van der Waals surface area (Å²) in [5.74, 6) is -0.372. The summed E-state index contributed by atoms with van der Waals surface area (Å²) in [6, 6.07) is 14.0. The molecule has 124 valence electrons. The van der Waals surface area contributed by atoms with Crippen molar-refractivity contribution in [3.8, 4) is 5.75 Å². The van der Waals surface area contributed by atoms with Crippen molar-refractivity contribution in [3.63, 3.8) is 0 Å². The third kappa shape index (κ3) is 2.60. The molecule has 2 heterocycles. The molecule has 1 aromatic heterocycles. The van der Waals surface area contributed by atoms with Crippen molar-refractivity contribution in [2.24, 2.45) is 7.05 Å². The molecule has 0 bridgehead atoms. The van der Waals surface area contributed by atoms with Crippen LogP contribution < -0.4 is 4.90 Å². The maximum Gasteiger partial charge on any atom is 0.298 e. The predicted octanol–water partition coefficient (Wildman–Crippen LogP) is 4.12. The summed E-state index contributed by atoms with van der Waals surface area (Å²) >= 11 is 0.903. The fourth-order valence-corrected chi connectivity index (χ4v) is 3.78. The summed E-state index contributed by atoms with van der Waals surface area (Å²) in [4.78, 5) is 26.5. The van der Waals surface area contributed by atoms with Gasteiger partial charge in [0, 0.05) is 35.8 Å². The number of aryl methyl sites for hydroxylation is 1. The Morgan fingerprint density at radius 2 is 1.88 bits per heavy atom. The van der Waals surface area contributed by atoms with E-state index in [9.17, 15) is 14.7 Å². The zero-order valence-corrected chi connectivity index (χ0v) is 14.2. The Morgan fingerprint density at radius 1 is 1.08 bits per heavy atom. The number of fused-ring (bicyclic) bond motifs is 1. The second-order valence-corrected chi connectivity index (χ2v) is 6.74. The van der Waals surface area contributed by atoms with Crippen LogP contribution in [0.2, 0.25) is 0 Å². The number of phenols is 1. The third-order valence-corrected chi connectivity index (χ3v) is 4.97. The smallest absolute Gasteiger partial charge is 0.298 e. The maximum atomic E-state index is 12.7. The molecule has 2 amide bonds. The number of carbonyl (C=O) groups is 2. The summed E-state index contributed by atoms with van der Waals surface area (Å²) in [5.41, 5.74) is 2.31. The lowest BCUT2D eigenvalue weighted by Crippen LogP contribution is -2.27. The number of thioether (sulfide) groups is 1. The molecule has 6 heteroatoms. The van der Waals surface area contributed by atoms with E-state index in [4.69, 9.17) is 0 Å². The first-order valence-electron chi connectivity index (χ1n) is 7.65. The number of aromatic nitrogens is 1. The molecule has 0 spiro atoms. The lowest BCUT2D eigenvalue weighted by atomic mass is 10.1. The van der Waals surface area contributed by atoms with Gasteiger partial charge >= 0.3 is 0 Å². The zero-order valence-electron chi connectivity index (χ0n) is 13.3. The number of phenolic OH excluding ortho intramolecular Hbond substituents is 1. The maximum absolute atomic E-state index is 12.7. The lowest BCUT2D eigenvalue weighted by molar-refractivity contribution is -0.113. The summed E-state index contributed by atoms with van der Waals surface area (Å²) in [7, 11) is 1.94. The highest BCUT2D eigenvalue weighted by molar-refractivity contribution is 8.19. The molecule has 0 saturated carbocycles. The van der Waals surface area contributed by atoms with Crippen LogP contribution in [0, 0.1) is 0 Å². The van der Waals surface area contributed by atoms with Gasteiger partial charge in [0.15, 0.2) is 0 Å². The number of aromatic hydroxyl groups is 1. The molecule has 25 heavy (non-hydrogen) atoms. The van der Waals surface area contributed by atoms with Crippen LogP contribution >= 0.6 is 11.8 Å². The molecule has 0 radical (unpaired) electrons.